The molecule has 0 atom stereocenters. The molecule has 2 aromatic rings. The molecule has 0 saturated carbocycles. The Hall–Kier alpha value is -3.04. The van der Waals surface area contributed by atoms with Crippen LogP contribution in [0.4, 0.5) is 26.3 Å². The molecule has 0 radical (unpaired) electrons. The Labute approximate surface area is 161 Å². The van der Waals surface area contributed by atoms with Gasteiger partial charge in [0.1, 0.15) is 0 Å². The minimum absolute atomic E-state index is 0.103. The Bertz CT molecular complexity index is 775. The third kappa shape index (κ3) is 5.07. The normalized spacial score (nSPS) is 12.3. The van der Waals surface area contributed by atoms with Crippen LogP contribution in [0.5, 0.6) is 0 Å². The SMILES string of the molecule is O=C(NCC(F)(F)C(F)(F)C(F)(F)CNC(=O)c1ccccc1)c1ccccc1. The van der Waals surface area contributed by atoms with E-state index in [0.29, 0.717) is 0 Å². The lowest BCUT2D eigenvalue weighted by Crippen LogP contribution is -2.61. The molecule has 0 aliphatic carbocycles. The van der Waals surface area contributed by atoms with Crippen LogP contribution in [0.1, 0.15) is 20.7 Å². The lowest BCUT2D eigenvalue weighted by molar-refractivity contribution is -0.303. The van der Waals surface area contributed by atoms with Gasteiger partial charge in [-0.2, -0.15) is 26.3 Å². The fraction of sp³-hybridized carbons (Fsp3) is 0.263. The zero-order valence-electron chi connectivity index (χ0n) is 14.8. The van der Waals surface area contributed by atoms with E-state index in [1.165, 1.54) is 71.3 Å². The van der Waals surface area contributed by atoms with Gasteiger partial charge in [-0.3, -0.25) is 9.59 Å². The molecule has 29 heavy (non-hydrogen) atoms. The van der Waals surface area contributed by atoms with Crippen LogP contribution >= 0.6 is 0 Å². The Kier molecular flexibility index (Phi) is 6.55. The summed E-state index contributed by atoms with van der Waals surface area (Å²) in [4.78, 5) is 23.4. The number of rotatable bonds is 8. The molecule has 10 heteroatoms. The number of carbonyl (C=O) groups excluding carboxylic acids is 2. The molecule has 2 amide bonds. The first kappa shape index (κ1) is 22.3. The minimum atomic E-state index is -5.84. The van der Waals surface area contributed by atoms with E-state index in [1.807, 2.05) is 0 Å². The molecule has 0 bridgehead atoms. The maximum Gasteiger partial charge on any atom is 0.375 e. The van der Waals surface area contributed by atoms with E-state index >= 15 is 0 Å². The van der Waals surface area contributed by atoms with Crippen molar-refractivity contribution in [2.24, 2.45) is 0 Å². The lowest BCUT2D eigenvalue weighted by atomic mass is 10.0. The fourth-order valence-corrected chi connectivity index (χ4v) is 2.26. The van der Waals surface area contributed by atoms with Crippen molar-refractivity contribution in [1.82, 2.24) is 10.6 Å². The highest BCUT2D eigenvalue weighted by molar-refractivity contribution is 5.94. The predicted octanol–water partition coefficient (Wildman–Crippen LogP) is 3.75. The molecule has 2 N–H and O–H groups in total. The number of halogens is 6. The maximum atomic E-state index is 13.9. The Balaban J connectivity index is 2.03. The van der Waals surface area contributed by atoms with E-state index in [-0.39, 0.29) is 11.1 Å². The van der Waals surface area contributed by atoms with Gasteiger partial charge in [0.25, 0.3) is 11.8 Å². The molecule has 4 nitrogen and oxygen atoms in total. The molecule has 0 spiro atoms. The highest BCUT2D eigenvalue weighted by atomic mass is 19.3. The Morgan fingerprint density at radius 1 is 0.621 bits per heavy atom. The molecule has 0 heterocycles. The molecular weight excluding hydrogens is 402 g/mol. The van der Waals surface area contributed by atoms with Crippen LogP contribution in [-0.4, -0.2) is 42.7 Å². The molecule has 0 saturated heterocycles. The van der Waals surface area contributed by atoms with E-state index in [4.69, 9.17) is 0 Å². The maximum absolute atomic E-state index is 13.9. The van der Waals surface area contributed by atoms with Gasteiger partial charge in [-0.05, 0) is 24.3 Å². The molecule has 0 aliphatic heterocycles. The quantitative estimate of drug-likeness (QED) is 0.642. The van der Waals surface area contributed by atoms with Crippen molar-refractivity contribution in [1.29, 1.82) is 0 Å². The smallest absolute Gasteiger partial charge is 0.346 e. The van der Waals surface area contributed by atoms with Crippen molar-refractivity contribution < 1.29 is 35.9 Å². The van der Waals surface area contributed by atoms with Gasteiger partial charge in [-0.25, -0.2) is 0 Å². The first-order valence-electron chi connectivity index (χ1n) is 8.28. The van der Waals surface area contributed by atoms with E-state index in [9.17, 15) is 35.9 Å². The van der Waals surface area contributed by atoms with Crippen LogP contribution in [0.2, 0.25) is 0 Å². The third-order valence-corrected chi connectivity index (χ3v) is 3.93. The Morgan fingerprint density at radius 3 is 1.24 bits per heavy atom. The summed E-state index contributed by atoms with van der Waals surface area (Å²) in [5, 5.41) is 3.04. The highest BCUT2D eigenvalue weighted by Gasteiger charge is 2.71. The molecule has 0 aliphatic rings. The van der Waals surface area contributed by atoms with E-state index in [0.717, 1.165) is 0 Å². The van der Waals surface area contributed by atoms with Gasteiger partial charge in [0.15, 0.2) is 0 Å². The average molecular weight is 418 g/mol. The van der Waals surface area contributed by atoms with E-state index in [2.05, 4.69) is 0 Å². The first-order valence-corrected chi connectivity index (χ1v) is 8.28. The van der Waals surface area contributed by atoms with Crippen molar-refractivity contribution in [3.63, 3.8) is 0 Å². The van der Waals surface area contributed by atoms with Crippen LogP contribution in [0, 0.1) is 0 Å². The highest BCUT2D eigenvalue weighted by Crippen LogP contribution is 2.45. The predicted molar refractivity (Wildman–Crippen MR) is 92.4 cm³/mol. The summed E-state index contributed by atoms with van der Waals surface area (Å²) >= 11 is 0. The van der Waals surface area contributed by atoms with Crippen molar-refractivity contribution in [3.8, 4) is 0 Å². The van der Waals surface area contributed by atoms with Crippen LogP contribution in [0.3, 0.4) is 0 Å². The number of alkyl halides is 6. The molecule has 2 aromatic carbocycles. The largest absolute Gasteiger partial charge is 0.375 e. The molecular formula is C19H16F6N2O2. The standard InChI is InChI=1S/C19H16F6N2O2/c20-17(21,11-26-15(28)13-7-3-1-4-8-13)19(24,25)18(22,23)12-27-16(29)14-9-5-2-6-10-14/h1-10H,11-12H2,(H,26,28)(H,27,29). The second-order valence-corrected chi connectivity index (χ2v) is 6.08. The minimum Gasteiger partial charge on any atom is -0.346 e. The van der Waals surface area contributed by atoms with Crippen molar-refractivity contribution in [3.05, 3.63) is 71.8 Å². The molecule has 0 aromatic heterocycles. The Morgan fingerprint density at radius 2 is 0.931 bits per heavy atom. The summed E-state index contributed by atoms with van der Waals surface area (Å²) in [7, 11) is 0. The summed E-state index contributed by atoms with van der Waals surface area (Å²) in [6.45, 7) is -4.04. The van der Waals surface area contributed by atoms with Gasteiger partial charge in [0.2, 0.25) is 0 Å². The number of hydrogen-bond donors (Lipinski definition) is 2. The van der Waals surface area contributed by atoms with E-state index < -0.39 is 42.7 Å². The van der Waals surface area contributed by atoms with Gasteiger partial charge in [0, 0.05) is 11.1 Å². The zero-order valence-corrected chi connectivity index (χ0v) is 14.8. The van der Waals surface area contributed by atoms with E-state index in [1.54, 1.807) is 0 Å². The number of amides is 2. The third-order valence-electron chi connectivity index (χ3n) is 3.93. The van der Waals surface area contributed by atoms with Crippen molar-refractivity contribution >= 4 is 11.8 Å². The van der Waals surface area contributed by atoms with Crippen LogP contribution in [-0.2, 0) is 0 Å². The number of nitrogens with one attached hydrogen (secondary N) is 2. The number of carbonyl (C=O) groups is 2. The summed E-state index contributed by atoms with van der Waals surface area (Å²) < 4.78 is 83.2. The van der Waals surface area contributed by atoms with Gasteiger partial charge in [-0.15, -0.1) is 0 Å². The van der Waals surface area contributed by atoms with Crippen molar-refractivity contribution in [2.45, 2.75) is 17.8 Å². The topological polar surface area (TPSA) is 58.2 Å². The van der Waals surface area contributed by atoms with Crippen LogP contribution in [0.25, 0.3) is 0 Å². The first-order chi connectivity index (χ1) is 13.5. The molecule has 0 unspecified atom stereocenters. The molecule has 2 rings (SSSR count). The van der Waals surface area contributed by atoms with Gasteiger partial charge < -0.3 is 10.6 Å². The lowest BCUT2D eigenvalue weighted by Gasteiger charge is -2.33. The van der Waals surface area contributed by atoms with Gasteiger partial charge >= 0.3 is 17.8 Å². The molecule has 0 fully saturated rings. The number of hydrogen-bond acceptors (Lipinski definition) is 2. The summed E-state index contributed by atoms with van der Waals surface area (Å²) in [5.41, 5.74) is -0.206. The van der Waals surface area contributed by atoms with Crippen LogP contribution in [0.15, 0.2) is 60.7 Å². The monoisotopic (exact) mass is 418 g/mol. The summed E-state index contributed by atoms with van der Waals surface area (Å²) in [5.74, 6) is -18.6. The fourth-order valence-electron chi connectivity index (χ4n) is 2.26. The van der Waals surface area contributed by atoms with Crippen molar-refractivity contribution in [2.75, 3.05) is 13.1 Å². The average Bonchev–Trinajstić information content (AvgIpc) is 2.71. The van der Waals surface area contributed by atoms with Crippen LogP contribution < -0.4 is 10.6 Å². The second kappa shape index (κ2) is 8.54. The zero-order chi connectivity index (χ0) is 21.7. The van der Waals surface area contributed by atoms with Gasteiger partial charge in [-0.1, -0.05) is 36.4 Å². The van der Waals surface area contributed by atoms with Gasteiger partial charge in [0.05, 0.1) is 13.1 Å². The second-order valence-electron chi connectivity index (χ2n) is 6.08. The summed E-state index contributed by atoms with van der Waals surface area (Å²) in [6, 6.07) is 13.6. The summed E-state index contributed by atoms with van der Waals surface area (Å²) in [6.07, 6.45) is 0. The molecule has 156 valence electrons. The number of benzene rings is 2.